The van der Waals surface area contributed by atoms with Crippen molar-refractivity contribution in [3.63, 3.8) is 0 Å². The lowest BCUT2D eigenvalue weighted by Crippen LogP contribution is -2.39. The number of allylic oxidation sites excluding steroid dienone is 2. The first-order valence-electron chi connectivity index (χ1n) is 14.1. The summed E-state index contributed by atoms with van der Waals surface area (Å²) in [7, 11) is 0. The van der Waals surface area contributed by atoms with E-state index in [1.54, 1.807) is 0 Å². The highest BCUT2D eigenvalue weighted by Crippen LogP contribution is 2.48. The van der Waals surface area contributed by atoms with Gasteiger partial charge in [0.05, 0.1) is 35.2 Å². The van der Waals surface area contributed by atoms with Crippen molar-refractivity contribution in [1.29, 1.82) is 0 Å². The Labute approximate surface area is 240 Å². The fourth-order valence-electron chi connectivity index (χ4n) is 6.45. The van der Waals surface area contributed by atoms with Gasteiger partial charge in [0.15, 0.2) is 0 Å². The van der Waals surface area contributed by atoms with Crippen LogP contribution in [0, 0.1) is 41.7 Å². The Morgan fingerprint density at radius 1 is 1.17 bits per heavy atom. The zero-order valence-corrected chi connectivity index (χ0v) is 24.0. The van der Waals surface area contributed by atoms with Crippen LogP contribution in [0.4, 0.5) is 11.4 Å². The van der Waals surface area contributed by atoms with Gasteiger partial charge in [-0.05, 0) is 86.9 Å². The molecule has 1 fully saturated rings. The largest absolute Gasteiger partial charge is 0.507 e. The number of carbonyl (C=O) groups is 2. The number of aryl methyl sites for hydroxylation is 2. The van der Waals surface area contributed by atoms with E-state index in [-0.39, 0.29) is 17.1 Å². The lowest BCUT2D eigenvalue weighted by molar-refractivity contribution is -0.384. The average Bonchev–Trinajstić information content (AvgIpc) is 3.18. The number of anilines is 1. The molecule has 0 bridgehead atoms. The molecule has 1 saturated heterocycles. The third kappa shape index (κ3) is 5.96. The second kappa shape index (κ2) is 12.4. The summed E-state index contributed by atoms with van der Waals surface area (Å²) in [6.45, 7) is 7.27. The summed E-state index contributed by atoms with van der Waals surface area (Å²) in [6, 6.07) is 9.26. The van der Waals surface area contributed by atoms with E-state index >= 15 is 0 Å². The number of nitro groups is 1. The van der Waals surface area contributed by atoms with Crippen molar-refractivity contribution in [3.8, 4) is 5.75 Å². The Hall–Kier alpha value is -3.82. The van der Waals surface area contributed by atoms with Crippen molar-refractivity contribution < 1.29 is 29.8 Å². The number of non-ortho nitro benzene ring substituents is 1. The molecule has 218 valence electrons. The van der Waals surface area contributed by atoms with Crippen LogP contribution in [-0.4, -0.2) is 44.8 Å². The highest BCUT2D eigenvalue weighted by molar-refractivity contribution is 6.22. The van der Waals surface area contributed by atoms with Gasteiger partial charge in [-0.15, -0.1) is 0 Å². The van der Waals surface area contributed by atoms with Crippen molar-refractivity contribution >= 4 is 29.3 Å². The maximum absolute atomic E-state index is 13.7. The average molecular weight is 563 g/mol. The first kappa shape index (κ1) is 30.1. The number of benzene rings is 2. The number of aliphatic hydroxyl groups is 2. The molecule has 9 heteroatoms. The Morgan fingerprint density at radius 3 is 2.46 bits per heavy atom. The lowest BCUT2D eigenvalue weighted by Gasteiger charge is -2.36. The number of carbonyl (C=O) groups excluding carboxylic acids is 2. The molecule has 0 aromatic heterocycles. The standard InChI is InChI=1S/C32H38N2O7/c1-5-7-22-15-25-29(32(39)33(31(25)38)23-8-6-9-24(16-23)34(40)41)26(17-35)28(22)27(36)11-10-18(2)12-21-13-19(3)30(37)20(4)14-21/h6,8-9,12-14,16,25-27,29,35-37H,5,7,10-11,15,17H2,1-4H3/b18-12+/t25-,26+,27-,29-/m1/s1. The van der Waals surface area contributed by atoms with Crippen LogP contribution >= 0.6 is 0 Å². The van der Waals surface area contributed by atoms with Crippen molar-refractivity contribution in [2.24, 2.45) is 17.8 Å². The van der Waals surface area contributed by atoms with E-state index < -0.39 is 47.2 Å². The summed E-state index contributed by atoms with van der Waals surface area (Å²) in [5, 5.41) is 43.3. The van der Waals surface area contributed by atoms with Gasteiger partial charge in [-0.3, -0.25) is 19.7 Å². The molecular formula is C32H38N2O7. The molecule has 0 spiro atoms. The number of nitrogens with zero attached hydrogens (tertiary/aromatic N) is 2. The van der Waals surface area contributed by atoms with Crippen molar-refractivity contribution in [2.75, 3.05) is 11.5 Å². The quantitative estimate of drug-likeness (QED) is 0.153. The van der Waals surface area contributed by atoms with E-state index in [2.05, 4.69) is 0 Å². The highest BCUT2D eigenvalue weighted by atomic mass is 16.6. The third-order valence-electron chi connectivity index (χ3n) is 8.33. The maximum atomic E-state index is 13.7. The van der Waals surface area contributed by atoms with Crippen molar-refractivity contribution in [2.45, 2.75) is 65.9 Å². The number of imide groups is 1. The molecule has 2 amide bonds. The normalized spacial score (nSPS) is 21.9. The molecule has 4 atom stereocenters. The van der Waals surface area contributed by atoms with E-state index in [0.29, 0.717) is 31.3 Å². The maximum Gasteiger partial charge on any atom is 0.271 e. The number of aromatic hydroxyl groups is 1. The number of hydrogen-bond donors (Lipinski definition) is 3. The summed E-state index contributed by atoms with van der Waals surface area (Å²) in [6.07, 6.45) is 3.77. The van der Waals surface area contributed by atoms with Crippen LogP contribution in [0.25, 0.3) is 6.08 Å². The summed E-state index contributed by atoms with van der Waals surface area (Å²) in [4.78, 5) is 38.9. The summed E-state index contributed by atoms with van der Waals surface area (Å²) in [5.74, 6) is -2.93. The molecule has 41 heavy (non-hydrogen) atoms. The van der Waals surface area contributed by atoms with Crippen LogP contribution in [0.15, 0.2) is 53.1 Å². The zero-order chi connectivity index (χ0) is 30.0. The van der Waals surface area contributed by atoms with Gasteiger partial charge in [0.25, 0.3) is 5.69 Å². The van der Waals surface area contributed by atoms with Crippen LogP contribution in [-0.2, 0) is 9.59 Å². The Kier molecular flexibility index (Phi) is 9.09. The fourth-order valence-corrected chi connectivity index (χ4v) is 6.45. The van der Waals surface area contributed by atoms with Crippen LogP contribution in [0.1, 0.15) is 62.6 Å². The fraction of sp³-hybridized carbons (Fsp3) is 0.438. The van der Waals surface area contributed by atoms with Crippen LogP contribution in [0.2, 0.25) is 0 Å². The molecule has 0 saturated carbocycles. The monoisotopic (exact) mass is 562 g/mol. The van der Waals surface area contributed by atoms with E-state index in [4.69, 9.17) is 0 Å². The first-order valence-corrected chi connectivity index (χ1v) is 14.1. The number of phenols is 1. The molecule has 1 heterocycles. The van der Waals surface area contributed by atoms with Gasteiger partial charge >= 0.3 is 0 Å². The van der Waals surface area contributed by atoms with Crippen LogP contribution in [0.3, 0.4) is 0 Å². The Bertz CT molecular complexity index is 1400. The predicted octanol–water partition coefficient (Wildman–Crippen LogP) is 5.38. The molecule has 4 rings (SSSR count). The van der Waals surface area contributed by atoms with Crippen molar-refractivity contribution in [1.82, 2.24) is 0 Å². The first-order chi connectivity index (χ1) is 19.5. The van der Waals surface area contributed by atoms with Gasteiger partial charge in [0.2, 0.25) is 11.8 Å². The molecule has 1 aliphatic heterocycles. The summed E-state index contributed by atoms with van der Waals surface area (Å²) < 4.78 is 0. The number of rotatable bonds is 10. The van der Waals surface area contributed by atoms with Crippen LogP contribution in [0.5, 0.6) is 5.75 Å². The number of fused-ring (bicyclic) bond motifs is 1. The molecular weight excluding hydrogens is 524 g/mol. The molecule has 2 aromatic carbocycles. The summed E-state index contributed by atoms with van der Waals surface area (Å²) in [5.41, 5.74) is 5.02. The SMILES string of the molecule is CCCC1=C([C@H](O)CC/C(C)=C/c2cc(C)c(O)c(C)c2)[C@H](CO)[C@@H]2C(=O)N(c3cccc([N+](=O)[O-])c3)C(=O)[C@@H]2C1. The minimum atomic E-state index is -0.906. The van der Waals surface area contributed by atoms with Crippen molar-refractivity contribution in [3.05, 3.63) is 79.9 Å². The second-order valence-electron chi connectivity index (χ2n) is 11.3. The number of nitro benzene ring substituents is 1. The molecule has 1 aliphatic carbocycles. The van der Waals surface area contributed by atoms with E-state index in [0.717, 1.165) is 39.2 Å². The number of hydrogen-bond acceptors (Lipinski definition) is 7. The van der Waals surface area contributed by atoms with Gasteiger partial charge in [-0.25, -0.2) is 4.90 Å². The van der Waals surface area contributed by atoms with E-state index in [1.807, 2.05) is 45.9 Å². The van der Waals surface area contributed by atoms with Gasteiger partial charge < -0.3 is 15.3 Å². The Balaban J connectivity index is 1.60. The predicted molar refractivity (Wildman–Crippen MR) is 156 cm³/mol. The molecule has 2 aliphatic rings. The minimum absolute atomic E-state index is 0.139. The number of amides is 2. The minimum Gasteiger partial charge on any atom is -0.507 e. The number of phenolic OH excluding ortho intramolecular Hbond substituents is 1. The topological polar surface area (TPSA) is 141 Å². The van der Waals surface area contributed by atoms with Gasteiger partial charge in [0.1, 0.15) is 5.75 Å². The molecule has 9 nitrogen and oxygen atoms in total. The smallest absolute Gasteiger partial charge is 0.271 e. The molecule has 3 N–H and O–H groups in total. The van der Waals surface area contributed by atoms with Crippen LogP contribution < -0.4 is 4.90 Å². The molecule has 2 aromatic rings. The van der Waals surface area contributed by atoms with E-state index in [1.165, 1.54) is 24.3 Å². The highest BCUT2D eigenvalue weighted by Gasteiger charge is 2.55. The molecule has 0 unspecified atom stereocenters. The van der Waals surface area contributed by atoms with Gasteiger partial charge in [-0.2, -0.15) is 0 Å². The zero-order valence-electron chi connectivity index (χ0n) is 24.0. The third-order valence-corrected chi connectivity index (χ3v) is 8.33. The number of aliphatic hydroxyl groups excluding tert-OH is 2. The second-order valence-corrected chi connectivity index (χ2v) is 11.3. The lowest BCUT2D eigenvalue weighted by atomic mass is 9.67. The van der Waals surface area contributed by atoms with Gasteiger partial charge in [0, 0.05) is 18.1 Å². The van der Waals surface area contributed by atoms with E-state index in [9.17, 15) is 35.0 Å². The molecule has 0 radical (unpaired) electrons. The van der Waals surface area contributed by atoms with Gasteiger partial charge in [-0.1, -0.05) is 36.6 Å². The Morgan fingerprint density at radius 2 is 1.85 bits per heavy atom. The summed E-state index contributed by atoms with van der Waals surface area (Å²) >= 11 is 0.